The number of carbonyl (C=O) groups is 2. The Morgan fingerprint density at radius 2 is 1.91 bits per heavy atom. The summed E-state index contributed by atoms with van der Waals surface area (Å²) in [5, 5.41) is 11.0. The van der Waals surface area contributed by atoms with Gasteiger partial charge in [-0.1, -0.05) is 29.5 Å². The maximum atomic E-state index is 13.7. The predicted molar refractivity (Wildman–Crippen MR) is 123 cm³/mol. The first-order valence-corrected chi connectivity index (χ1v) is 10.6. The van der Waals surface area contributed by atoms with Crippen molar-refractivity contribution in [2.24, 2.45) is 0 Å². The minimum absolute atomic E-state index is 0.168. The summed E-state index contributed by atoms with van der Waals surface area (Å²) >= 11 is 0. The highest BCUT2D eigenvalue weighted by Gasteiger charge is 2.33. The number of fused-ring (bicyclic) bond motifs is 1. The maximum absolute atomic E-state index is 13.7. The van der Waals surface area contributed by atoms with Gasteiger partial charge in [-0.15, -0.1) is 5.10 Å². The van der Waals surface area contributed by atoms with E-state index >= 15 is 0 Å². The Bertz CT molecular complexity index is 1260. The second kappa shape index (κ2) is 10.6. The van der Waals surface area contributed by atoms with Gasteiger partial charge >= 0.3 is 0 Å². The van der Waals surface area contributed by atoms with Crippen molar-refractivity contribution in [3.05, 3.63) is 84.4 Å². The van der Waals surface area contributed by atoms with Crippen LogP contribution in [0.4, 0.5) is 10.1 Å². The molecule has 4 aromatic rings. The molecule has 9 nitrogen and oxygen atoms in total. The molecule has 0 saturated carbocycles. The third-order valence-electron chi connectivity index (χ3n) is 5.20. The van der Waals surface area contributed by atoms with Crippen molar-refractivity contribution in [2.45, 2.75) is 12.6 Å². The van der Waals surface area contributed by atoms with E-state index < -0.39 is 23.7 Å². The van der Waals surface area contributed by atoms with Crippen LogP contribution in [0.25, 0.3) is 11.0 Å². The second-order valence-corrected chi connectivity index (χ2v) is 7.45. The zero-order valence-electron chi connectivity index (χ0n) is 18.5. The number of nitrogens with one attached hydrogen (secondary N) is 1. The number of anilines is 1. The molecule has 0 aliphatic carbocycles. The van der Waals surface area contributed by atoms with Crippen molar-refractivity contribution in [3.8, 4) is 0 Å². The molecule has 34 heavy (non-hydrogen) atoms. The van der Waals surface area contributed by atoms with Gasteiger partial charge in [-0.3, -0.25) is 19.5 Å². The van der Waals surface area contributed by atoms with Crippen LogP contribution in [0, 0.1) is 5.82 Å². The lowest BCUT2D eigenvalue weighted by Crippen LogP contribution is -2.46. The predicted octanol–water partition coefficient (Wildman–Crippen LogP) is 2.50. The molecule has 1 unspecified atom stereocenters. The van der Waals surface area contributed by atoms with Crippen LogP contribution in [0.2, 0.25) is 0 Å². The number of methoxy groups -OCH3 is 1. The standard InChI is InChI=1S/C24H23FN6O3/c1-34-14-13-27-24(33)23(17-8-10-18(25)11-9-17)31(19-5-4-12-26-15-19)22(32)16-30-21-7-3-2-6-20(21)28-29-30/h2-12,15,23H,13-14,16H2,1H3,(H,27,33). The molecule has 0 radical (unpaired) electrons. The molecule has 1 atom stereocenters. The highest BCUT2D eigenvalue weighted by molar-refractivity contribution is 6.01. The Morgan fingerprint density at radius 1 is 1.12 bits per heavy atom. The fourth-order valence-electron chi connectivity index (χ4n) is 3.61. The van der Waals surface area contributed by atoms with Gasteiger partial charge in [-0.05, 0) is 42.0 Å². The fourth-order valence-corrected chi connectivity index (χ4v) is 3.61. The van der Waals surface area contributed by atoms with E-state index in [0.717, 1.165) is 0 Å². The zero-order chi connectivity index (χ0) is 23.9. The van der Waals surface area contributed by atoms with Gasteiger partial charge < -0.3 is 10.1 Å². The van der Waals surface area contributed by atoms with Gasteiger partial charge in [0.15, 0.2) is 0 Å². The van der Waals surface area contributed by atoms with Gasteiger partial charge in [0.25, 0.3) is 0 Å². The SMILES string of the molecule is COCCNC(=O)C(c1ccc(F)cc1)N(C(=O)Cn1nnc2ccccc21)c1cccnc1. The average Bonchev–Trinajstić information content (AvgIpc) is 3.26. The van der Waals surface area contributed by atoms with Crippen molar-refractivity contribution in [1.29, 1.82) is 0 Å². The van der Waals surface area contributed by atoms with Crippen molar-refractivity contribution < 1.29 is 18.7 Å². The molecular weight excluding hydrogens is 439 g/mol. The highest BCUT2D eigenvalue weighted by atomic mass is 19.1. The van der Waals surface area contributed by atoms with E-state index in [-0.39, 0.29) is 13.1 Å². The monoisotopic (exact) mass is 462 g/mol. The average molecular weight is 462 g/mol. The molecule has 4 rings (SSSR count). The van der Waals surface area contributed by atoms with Gasteiger partial charge in [0, 0.05) is 19.9 Å². The van der Waals surface area contributed by atoms with E-state index in [0.29, 0.717) is 28.9 Å². The van der Waals surface area contributed by atoms with Gasteiger partial charge in [0.05, 0.1) is 24.0 Å². The molecule has 0 saturated heterocycles. The summed E-state index contributed by atoms with van der Waals surface area (Å²) in [7, 11) is 1.53. The number of benzene rings is 2. The molecule has 0 spiro atoms. The number of amides is 2. The van der Waals surface area contributed by atoms with Crippen molar-refractivity contribution in [2.75, 3.05) is 25.2 Å². The topological polar surface area (TPSA) is 102 Å². The molecule has 2 heterocycles. The van der Waals surface area contributed by atoms with Crippen LogP contribution in [0.15, 0.2) is 73.1 Å². The first-order valence-electron chi connectivity index (χ1n) is 10.6. The number of hydrogen-bond acceptors (Lipinski definition) is 6. The van der Waals surface area contributed by atoms with Crippen LogP contribution in [-0.2, 0) is 20.9 Å². The Morgan fingerprint density at radius 3 is 2.65 bits per heavy atom. The van der Waals surface area contributed by atoms with Crippen molar-refractivity contribution in [3.63, 3.8) is 0 Å². The quantitative estimate of drug-likeness (QED) is 0.384. The molecule has 10 heteroatoms. The smallest absolute Gasteiger partial charge is 0.249 e. The summed E-state index contributed by atoms with van der Waals surface area (Å²) in [4.78, 5) is 32.5. The summed E-state index contributed by atoms with van der Waals surface area (Å²) in [6.45, 7) is 0.377. The van der Waals surface area contributed by atoms with Crippen LogP contribution < -0.4 is 10.2 Å². The molecule has 0 aliphatic rings. The van der Waals surface area contributed by atoms with Gasteiger partial charge in [0.1, 0.15) is 23.9 Å². The summed E-state index contributed by atoms with van der Waals surface area (Å²) in [5.74, 6) is -1.31. The third-order valence-corrected chi connectivity index (χ3v) is 5.20. The third kappa shape index (κ3) is 5.07. The Hall–Kier alpha value is -4.18. The van der Waals surface area contributed by atoms with E-state index in [2.05, 4.69) is 20.6 Å². The lowest BCUT2D eigenvalue weighted by atomic mass is 10.0. The minimum atomic E-state index is -1.08. The summed E-state index contributed by atoms with van der Waals surface area (Å²) in [6.07, 6.45) is 3.07. The summed E-state index contributed by atoms with van der Waals surface area (Å²) in [6, 6.07) is 15.0. The highest BCUT2D eigenvalue weighted by Crippen LogP contribution is 2.28. The van der Waals surface area contributed by atoms with Gasteiger partial charge in [-0.2, -0.15) is 0 Å². The number of nitrogens with zero attached hydrogens (tertiary/aromatic N) is 5. The largest absolute Gasteiger partial charge is 0.383 e. The Kier molecular flexibility index (Phi) is 7.19. The molecule has 2 amide bonds. The molecule has 174 valence electrons. The number of rotatable bonds is 9. The number of aromatic nitrogens is 4. The number of carbonyl (C=O) groups excluding carboxylic acids is 2. The maximum Gasteiger partial charge on any atom is 0.249 e. The summed E-state index contributed by atoms with van der Waals surface area (Å²) in [5.41, 5.74) is 2.19. The van der Waals surface area contributed by atoms with E-state index in [1.54, 1.807) is 24.4 Å². The van der Waals surface area contributed by atoms with Crippen molar-refractivity contribution in [1.82, 2.24) is 25.3 Å². The van der Waals surface area contributed by atoms with Gasteiger partial charge in [0.2, 0.25) is 11.8 Å². The lowest BCUT2D eigenvalue weighted by Gasteiger charge is -2.31. The number of para-hydroxylation sites is 1. The molecule has 0 aliphatic heterocycles. The van der Waals surface area contributed by atoms with E-state index in [1.165, 1.54) is 47.2 Å². The number of hydrogen-bond donors (Lipinski definition) is 1. The molecule has 2 aromatic heterocycles. The molecule has 0 fully saturated rings. The molecule has 0 bridgehead atoms. The fraction of sp³-hybridized carbons (Fsp3) is 0.208. The van der Waals surface area contributed by atoms with Gasteiger partial charge in [-0.25, -0.2) is 9.07 Å². The van der Waals surface area contributed by atoms with E-state index in [1.807, 2.05) is 18.2 Å². The van der Waals surface area contributed by atoms with Crippen LogP contribution in [0.5, 0.6) is 0 Å². The van der Waals surface area contributed by atoms with E-state index in [4.69, 9.17) is 4.74 Å². The van der Waals surface area contributed by atoms with Crippen LogP contribution in [0.3, 0.4) is 0 Å². The molecule has 1 N–H and O–H groups in total. The minimum Gasteiger partial charge on any atom is -0.383 e. The number of halogens is 1. The van der Waals surface area contributed by atoms with Crippen molar-refractivity contribution >= 4 is 28.5 Å². The Labute approximate surface area is 195 Å². The lowest BCUT2D eigenvalue weighted by molar-refractivity contribution is -0.127. The first kappa shape index (κ1) is 23.0. The molecular formula is C24H23FN6O3. The summed E-state index contributed by atoms with van der Waals surface area (Å²) < 4.78 is 20.2. The van der Waals surface area contributed by atoms with Crippen LogP contribution in [0.1, 0.15) is 11.6 Å². The number of ether oxygens (including phenoxy) is 1. The number of pyridine rings is 1. The normalized spacial score (nSPS) is 11.8. The Balaban J connectivity index is 1.75. The van der Waals surface area contributed by atoms with Crippen LogP contribution in [-0.4, -0.2) is 52.1 Å². The van der Waals surface area contributed by atoms with Crippen LogP contribution >= 0.6 is 0 Å². The molecule has 2 aromatic carbocycles. The zero-order valence-corrected chi connectivity index (χ0v) is 18.5. The first-order chi connectivity index (χ1) is 16.6. The second-order valence-electron chi connectivity index (χ2n) is 7.45. The van der Waals surface area contributed by atoms with E-state index in [9.17, 15) is 14.0 Å².